The maximum absolute atomic E-state index is 6.50. The van der Waals surface area contributed by atoms with Crippen molar-refractivity contribution in [2.24, 2.45) is 5.73 Å². The van der Waals surface area contributed by atoms with Gasteiger partial charge in [-0.2, -0.15) is 0 Å². The Morgan fingerprint density at radius 3 is 1.86 bits per heavy atom. The molecule has 0 radical (unpaired) electrons. The van der Waals surface area contributed by atoms with Crippen LogP contribution >= 0.6 is 0 Å². The summed E-state index contributed by atoms with van der Waals surface area (Å²) in [7, 11) is 0. The van der Waals surface area contributed by atoms with E-state index in [0.29, 0.717) is 0 Å². The number of benzene rings is 3. The first kappa shape index (κ1) is 18.1. The standard InChI is InChI=1S/C24H24N4/c25-23(16-19-10-4-1-5-11-19)24-27-26-18-28(24)17-22(20-12-6-2-7-13-20)21-14-8-3-9-15-21/h1-15,18,22-23H,16-17,25H2/t23-/m0/s1. The molecule has 1 atom stereocenters. The Hall–Kier alpha value is -3.24. The summed E-state index contributed by atoms with van der Waals surface area (Å²) in [5.41, 5.74) is 10.2. The van der Waals surface area contributed by atoms with Gasteiger partial charge >= 0.3 is 0 Å². The molecule has 4 heteroatoms. The van der Waals surface area contributed by atoms with Crippen molar-refractivity contribution in [1.82, 2.24) is 14.8 Å². The smallest absolute Gasteiger partial charge is 0.150 e. The molecule has 0 bridgehead atoms. The minimum atomic E-state index is -0.197. The molecule has 3 aromatic carbocycles. The van der Waals surface area contributed by atoms with Crippen LogP contribution in [0.3, 0.4) is 0 Å². The summed E-state index contributed by atoms with van der Waals surface area (Å²) in [5, 5.41) is 8.50. The molecular weight excluding hydrogens is 344 g/mol. The van der Waals surface area contributed by atoms with Crippen LogP contribution in [-0.4, -0.2) is 14.8 Å². The van der Waals surface area contributed by atoms with Crippen molar-refractivity contribution >= 4 is 0 Å². The molecule has 4 aromatic rings. The van der Waals surface area contributed by atoms with E-state index >= 15 is 0 Å². The van der Waals surface area contributed by atoms with E-state index < -0.39 is 0 Å². The van der Waals surface area contributed by atoms with Crippen molar-refractivity contribution in [3.05, 3.63) is 120 Å². The van der Waals surface area contributed by atoms with Crippen molar-refractivity contribution in [3.63, 3.8) is 0 Å². The molecule has 0 aliphatic rings. The molecule has 0 spiro atoms. The Bertz CT molecular complexity index is 941. The molecule has 0 fully saturated rings. The highest BCUT2D eigenvalue weighted by Crippen LogP contribution is 2.27. The number of nitrogens with two attached hydrogens (primary N) is 1. The van der Waals surface area contributed by atoms with Crippen LogP contribution in [-0.2, 0) is 13.0 Å². The number of rotatable bonds is 7. The van der Waals surface area contributed by atoms with Gasteiger partial charge in [0.2, 0.25) is 0 Å². The fraction of sp³-hybridized carbons (Fsp3) is 0.167. The van der Waals surface area contributed by atoms with Gasteiger partial charge in [0, 0.05) is 12.5 Å². The summed E-state index contributed by atoms with van der Waals surface area (Å²) in [6.45, 7) is 0.749. The van der Waals surface area contributed by atoms with Crippen molar-refractivity contribution in [3.8, 4) is 0 Å². The van der Waals surface area contributed by atoms with Crippen LogP contribution in [0.2, 0.25) is 0 Å². The Labute approximate surface area is 165 Å². The molecule has 0 unspecified atom stereocenters. The minimum absolute atomic E-state index is 0.197. The first-order valence-corrected chi connectivity index (χ1v) is 9.58. The molecule has 4 rings (SSSR count). The lowest BCUT2D eigenvalue weighted by molar-refractivity contribution is 0.551. The molecule has 0 aliphatic carbocycles. The molecule has 1 aromatic heterocycles. The summed E-state index contributed by atoms with van der Waals surface area (Å²) >= 11 is 0. The number of nitrogens with zero attached hydrogens (tertiary/aromatic N) is 3. The topological polar surface area (TPSA) is 56.7 Å². The van der Waals surface area contributed by atoms with Gasteiger partial charge in [-0.25, -0.2) is 0 Å². The molecule has 140 valence electrons. The molecule has 1 heterocycles. The molecular formula is C24H24N4. The largest absolute Gasteiger partial charge is 0.321 e. The third kappa shape index (κ3) is 4.18. The van der Waals surface area contributed by atoms with Crippen LogP contribution in [0.5, 0.6) is 0 Å². The van der Waals surface area contributed by atoms with Gasteiger partial charge in [0.05, 0.1) is 6.04 Å². The van der Waals surface area contributed by atoms with E-state index in [2.05, 4.69) is 75.4 Å². The SMILES string of the molecule is N[C@@H](Cc1ccccc1)c1nncn1CC(c1ccccc1)c1ccccc1. The summed E-state index contributed by atoms with van der Waals surface area (Å²) in [6, 6.07) is 31.2. The second-order valence-corrected chi connectivity index (χ2v) is 7.01. The zero-order valence-electron chi connectivity index (χ0n) is 15.7. The van der Waals surface area contributed by atoms with Crippen molar-refractivity contribution in [2.45, 2.75) is 24.9 Å². The van der Waals surface area contributed by atoms with Crippen LogP contribution in [0, 0.1) is 0 Å². The van der Waals surface area contributed by atoms with Crippen LogP contribution in [0.15, 0.2) is 97.3 Å². The molecule has 0 aliphatic heterocycles. The lowest BCUT2D eigenvalue weighted by Gasteiger charge is -2.21. The van der Waals surface area contributed by atoms with E-state index in [1.165, 1.54) is 16.7 Å². The molecule has 0 amide bonds. The lowest BCUT2D eigenvalue weighted by atomic mass is 9.91. The number of hydrogen-bond acceptors (Lipinski definition) is 3. The van der Waals surface area contributed by atoms with Crippen molar-refractivity contribution in [2.75, 3.05) is 0 Å². The fourth-order valence-corrected chi connectivity index (χ4v) is 3.62. The Morgan fingerprint density at radius 1 is 0.750 bits per heavy atom. The lowest BCUT2D eigenvalue weighted by Crippen LogP contribution is -2.21. The third-order valence-electron chi connectivity index (χ3n) is 5.06. The fourth-order valence-electron chi connectivity index (χ4n) is 3.62. The van der Waals surface area contributed by atoms with E-state index in [-0.39, 0.29) is 12.0 Å². The first-order chi connectivity index (χ1) is 13.8. The van der Waals surface area contributed by atoms with Gasteiger partial charge in [0.25, 0.3) is 0 Å². The van der Waals surface area contributed by atoms with Crippen LogP contribution in [0.25, 0.3) is 0 Å². The predicted octanol–water partition coefficient (Wildman–Crippen LogP) is 4.35. The number of aromatic nitrogens is 3. The van der Waals surface area contributed by atoms with Gasteiger partial charge in [0.15, 0.2) is 0 Å². The Balaban J connectivity index is 1.61. The normalized spacial score (nSPS) is 12.2. The quantitative estimate of drug-likeness (QED) is 0.527. The monoisotopic (exact) mass is 368 g/mol. The first-order valence-electron chi connectivity index (χ1n) is 9.58. The zero-order chi connectivity index (χ0) is 19.2. The van der Waals surface area contributed by atoms with E-state index in [4.69, 9.17) is 5.73 Å². The van der Waals surface area contributed by atoms with Crippen molar-refractivity contribution in [1.29, 1.82) is 0 Å². The average Bonchev–Trinajstić information content (AvgIpc) is 3.22. The highest BCUT2D eigenvalue weighted by Gasteiger charge is 2.20. The average molecular weight is 368 g/mol. The van der Waals surface area contributed by atoms with E-state index in [1.54, 1.807) is 6.33 Å². The van der Waals surface area contributed by atoms with Crippen molar-refractivity contribution < 1.29 is 0 Å². The van der Waals surface area contributed by atoms with Crippen LogP contribution in [0.4, 0.5) is 0 Å². The Kier molecular flexibility index (Phi) is 5.59. The van der Waals surface area contributed by atoms with Gasteiger partial charge in [-0.15, -0.1) is 10.2 Å². The second kappa shape index (κ2) is 8.63. The number of hydrogen-bond donors (Lipinski definition) is 1. The summed E-state index contributed by atoms with van der Waals surface area (Å²) in [5.74, 6) is 1.03. The minimum Gasteiger partial charge on any atom is -0.321 e. The van der Waals surface area contributed by atoms with Gasteiger partial charge < -0.3 is 10.3 Å². The van der Waals surface area contributed by atoms with Crippen LogP contribution < -0.4 is 5.73 Å². The molecule has 4 nitrogen and oxygen atoms in total. The predicted molar refractivity (Wildman–Crippen MR) is 112 cm³/mol. The molecule has 28 heavy (non-hydrogen) atoms. The second-order valence-electron chi connectivity index (χ2n) is 7.01. The maximum Gasteiger partial charge on any atom is 0.150 e. The van der Waals surface area contributed by atoms with E-state index in [1.807, 2.05) is 30.3 Å². The molecule has 0 saturated heterocycles. The maximum atomic E-state index is 6.50. The summed E-state index contributed by atoms with van der Waals surface area (Å²) < 4.78 is 2.10. The Morgan fingerprint density at radius 2 is 1.29 bits per heavy atom. The van der Waals surface area contributed by atoms with E-state index in [0.717, 1.165) is 18.8 Å². The zero-order valence-corrected chi connectivity index (χ0v) is 15.7. The molecule has 0 saturated carbocycles. The molecule has 2 N–H and O–H groups in total. The highest BCUT2D eigenvalue weighted by molar-refractivity contribution is 5.32. The summed E-state index contributed by atoms with van der Waals surface area (Å²) in [4.78, 5) is 0. The van der Waals surface area contributed by atoms with E-state index in [9.17, 15) is 0 Å². The third-order valence-corrected chi connectivity index (χ3v) is 5.06. The highest BCUT2D eigenvalue weighted by atomic mass is 15.3. The van der Waals surface area contributed by atoms with Gasteiger partial charge in [-0.3, -0.25) is 0 Å². The summed E-state index contributed by atoms with van der Waals surface area (Å²) in [6.07, 6.45) is 2.53. The van der Waals surface area contributed by atoms with Crippen LogP contribution in [0.1, 0.15) is 34.5 Å². The van der Waals surface area contributed by atoms with Gasteiger partial charge in [-0.1, -0.05) is 91.0 Å². The van der Waals surface area contributed by atoms with Gasteiger partial charge in [-0.05, 0) is 23.1 Å². The van der Waals surface area contributed by atoms with Gasteiger partial charge in [0.1, 0.15) is 12.2 Å².